The van der Waals surface area contributed by atoms with Crippen molar-refractivity contribution in [3.63, 3.8) is 0 Å². The van der Waals surface area contributed by atoms with Crippen molar-refractivity contribution in [1.82, 2.24) is 5.32 Å². The number of carbonyl (C=O) groups excluding carboxylic acids is 1. The third-order valence-corrected chi connectivity index (χ3v) is 3.99. The highest BCUT2D eigenvalue weighted by Crippen LogP contribution is 2.33. The number of nitrogens with one attached hydrogen (secondary N) is 1. The molecule has 2 N–H and O–H groups in total. The summed E-state index contributed by atoms with van der Waals surface area (Å²) >= 11 is 0. The number of carbonyl (C=O) groups is 1. The van der Waals surface area contributed by atoms with Crippen LogP contribution in [0.4, 0.5) is 4.39 Å². The zero-order chi connectivity index (χ0) is 17.7. The number of benzene rings is 2. The molecule has 2 aromatic carbocycles. The quantitative estimate of drug-likeness (QED) is 0.856. The maximum absolute atomic E-state index is 13.1. The molecule has 128 valence electrons. The number of para-hydroxylation sites is 1. The van der Waals surface area contributed by atoms with E-state index in [-0.39, 0.29) is 35.4 Å². The predicted octanol–water partition coefficient (Wildman–Crippen LogP) is 4.37. The van der Waals surface area contributed by atoms with Crippen molar-refractivity contribution < 1.29 is 14.3 Å². The summed E-state index contributed by atoms with van der Waals surface area (Å²) in [6.45, 7) is 6.10. The van der Waals surface area contributed by atoms with Gasteiger partial charge in [-0.3, -0.25) is 4.79 Å². The van der Waals surface area contributed by atoms with Gasteiger partial charge in [-0.1, -0.05) is 51.1 Å². The van der Waals surface area contributed by atoms with Crippen LogP contribution >= 0.6 is 0 Å². The highest BCUT2D eigenvalue weighted by molar-refractivity contribution is 5.77. The van der Waals surface area contributed by atoms with Crippen LogP contribution in [0.1, 0.15) is 44.4 Å². The monoisotopic (exact) mass is 329 g/mol. The van der Waals surface area contributed by atoms with Crippen molar-refractivity contribution in [1.29, 1.82) is 0 Å². The van der Waals surface area contributed by atoms with Gasteiger partial charge in [-0.05, 0) is 41.2 Å². The van der Waals surface area contributed by atoms with Gasteiger partial charge in [0, 0.05) is 6.42 Å². The fourth-order valence-corrected chi connectivity index (χ4v) is 2.66. The summed E-state index contributed by atoms with van der Waals surface area (Å²) in [6.07, 6.45) is 0.754. The van der Waals surface area contributed by atoms with Gasteiger partial charge in [-0.15, -0.1) is 0 Å². The van der Waals surface area contributed by atoms with Crippen LogP contribution in [0.15, 0.2) is 48.5 Å². The summed E-state index contributed by atoms with van der Waals surface area (Å²) < 4.78 is 13.1. The van der Waals surface area contributed by atoms with E-state index in [1.165, 1.54) is 12.1 Å². The van der Waals surface area contributed by atoms with E-state index in [2.05, 4.69) is 5.32 Å². The average molecular weight is 329 g/mol. The fraction of sp³-hybridized carbons (Fsp3) is 0.350. The molecular weight excluding hydrogens is 305 g/mol. The Morgan fingerprint density at radius 3 is 2.33 bits per heavy atom. The highest BCUT2D eigenvalue weighted by Gasteiger charge is 2.27. The van der Waals surface area contributed by atoms with E-state index in [0.717, 1.165) is 11.1 Å². The maximum Gasteiger partial charge on any atom is 0.220 e. The standard InChI is InChI=1S/C20H24FNO2/c1-20(2,3)19(15-8-11-16(21)12-9-15)22-18(24)13-10-14-6-4-5-7-17(14)23/h4-9,11-12,19,23H,10,13H2,1-3H3,(H,22,24). The number of phenolic OH excluding ortho intramolecular Hbond substituents is 1. The van der Waals surface area contributed by atoms with Gasteiger partial charge < -0.3 is 10.4 Å². The van der Waals surface area contributed by atoms with E-state index in [0.29, 0.717) is 6.42 Å². The minimum atomic E-state index is -0.294. The summed E-state index contributed by atoms with van der Waals surface area (Å²) in [5.41, 5.74) is 1.42. The molecule has 2 aromatic rings. The van der Waals surface area contributed by atoms with Crippen molar-refractivity contribution in [2.45, 2.75) is 39.7 Å². The molecule has 2 rings (SSSR count). The minimum absolute atomic E-state index is 0.0949. The van der Waals surface area contributed by atoms with Crippen LogP contribution in [0.2, 0.25) is 0 Å². The molecule has 3 nitrogen and oxygen atoms in total. The molecule has 24 heavy (non-hydrogen) atoms. The first-order chi connectivity index (χ1) is 11.3. The van der Waals surface area contributed by atoms with Crippen LogP contribution in [0.5, 0.6) is 5.75 Å². The topological polar surface area (TPSA) is 49.3 Å². The Bertz CT molecular complexity index is 690. The Labute approximate surface area is 142 Å². The van der Waals surface area contributed by atoms with Crippen molar-refractivity contribution in [3.8, 4) is 5.75 Å². The smallest absolute Gasteiger partial charge is 0.220 e. The zero-order valence-electron chi connectivity index (χ0n) is 14.3. The van der Waals surface area contributed by atoms with Crippen LogP contribution in [0.25, 0.3) is 0 Å². The molecule has 0 radical (unpaired) electrons. The molecule has 1 unspecified atom stereocenters. The van der Waals surface area contributed by atoms with E-state index < -0.39 is 0 Å². The Morgan fingerprint density at radius 2 is 1.75 bits per heavy atom. The molecule has 0 fully saturated rings. The molecule has 0 heterocycles. The maximum atomic E-state index is 13.1. The molecule has 0 aliphatic heterocycles. The number of hydrogen-bond donors (Lipinski definition) is 2. The van der Waals surface area contributed by atoms with Gasteiger partial charge >= 0.3 is 0 Å². The summed E-state index contributed by atoms with van der Waals surface area (Å²) in [4.78, 5) is 12.4. The van der Waals surface area contributed by atoms with Crippen molar-refractivity contribution in [2.75, 3.05) is 0 Å². The number of rotatable bonds is 5. The van der Waals surface area contributed by atoms with Crippen molar-refractivity contribution in [2.24, 2.45) is 5.41 Å². The molecule has 0 saturated carbocycles. The van der Waals surface area contributed by atoms with E-state index in [9.17, 15) is 14.3 Å². The second-order valence-electron chi connectivity index (χ2n) is 7.05. The average Bonchev–Trinajstić information content (AvgIpc) is 2.52. The molecule has 0 aromatic heterocycles. The van der Waals surface area contributed by atoms with E-state index in [1.54, 1.807) is 24.3 Å². The number of hydrogen-bond acceptors (Lipinski definition) is 2. The van der Waals surface area contributed by atoms with Gasteiger partial charge in [0.25, 0.3) is 0 Å². The lowest BCUT2D eigenvalue weighted by molar-refractivity contribution is -0.122. The Kier molecular flexibility index (Phi) is 5.60. The molecule has 1 atom stereocenters. The van der Waals surface area contributed by atoms with Crippen LogP contribution in [0, 0.1) is 11.2 Å². The molecule has 0 saturated heterocycles. The molecule has 1 amide bonds. The van der Waals surface area contributed by atoms with Gasteiger partial charge in [-0.2, -0.15) is 0 Å². The summed E-state index contributed by atoms with van der Waals surface area (Å²) in [5.74, 6) is -0.184. The minimum Gasteiger partial charge on any atom is -0.508 e. The summed E-state index contributed by atoms with van der Waals surface area (Å²) in [7, 11) is 0. The van der Waals surface area contributed by atoms with E-state index >= 15 is 0 Å². The number of phenols is 1. The lowest BCUT2D eigenvalue weighted by atomic mass is 9.82. The second-order valence-corrected chi connectivity index (χ2v) is 7.05. The van der Waals surface area contributed by atoms with Crippen molar-refractivity contribution >= 4 is 5.91 Å². The molecular formula is C20H24FNO2. The SMILES string of the molecule is CC(C)(C)C(NC(=O)CCc1ccccc1O)c1ccc(F)cc1. The predicted molar refractivity (Wildman–Crippen MR) is 93.2 cm³/mol. The van der Waals surface area contributed by atoms with Gasteiger partial charge in [0.1, 0.15) is 11.6 Å². The van der Waals surface area contributed by atoms with Crippen molar-refractivity contribution in [3.05, 3.63) is 65.5 Å². The lowest BCUT2D eigenvalue weighted by Gasteiger charge is -2.32. The van der Waals surface area contributed by atoms with E-state index in [4.69, 9.17) is 0 Å². The third kappa shape index (κ3) is 4.82. The first-order valence-corrected chi connectivity index (χ1v) is 8.09. The second kappa shape index (κ2) is 7.47. The van der Waals surface area contributed by atoms with Gasteiger partial charge in [-0.25, -0.2) is 4.39 Å². The molecule has 0 aliphatic rings. The molecule has 0 spiro atoms. The number of aryl methyl sites for hydroxylation is 1. The zero-order valence-corrected chi connectivity index (χ0v) is 14.3. The van der Waals surface area contributed by atoms with Gasteiger partial charge in [0.05, 0.1) is 6.04 Å². The lowest BCUT2D eigenvalue weighted by Crippen LogP contribution is -2.36. The normalized spacial score (nSPS) is 12.7. The van der Waals surface area contributed by atoms with Crippen LogP contribution < -0.4 is 5.32 Å². The number of halogens is 1. The fourth-order valence-electron chi connectivity index (χ4n) is 2.66. The highest BCUT2D eigenvalue weighted by atomic mass is 19.1. The summed E-state index contributed by atoms with van der Waals surface area (Å²) in [6, 6.07) is 13.0. The Morgan fingerprint density at radius 1 is 1.12 bits per heavy atom. The molecule has 0 bridgehead atoms. The van der Waals surface area contributed by atoms with Crippen LogP contribution in [0.3, 0.4) is 0 Å². The van der Waals surface area contributed by atoms with Gasteiger partial charge in [0.2, 0.25) is 5.91 Å². The number of amides is 1. The largest absolute Gasteiger partial charge is 0.508 e. The Hall–Kier alpha value is -2.36. The molecule has 4 heteroatoms. The van der Waals surface area contributed by atoms with Gasteiger partial charge in [0.15, 0.2) is 0 Å². The van der Waals surface area contributed by atoms with Crippen LogP contribution in [-0.2, 0) is 11.2 Å². The third-order valence-electron chi connectivity index (χ3n) is 3.99. The first-order valence-electron chi connectivity index (χ1n) is 8.09. The van der Waals surface area contributed by atoms with E-state index in [1.807, 2.05) is 32.9 Å². The molecule has 0 aliphatic carbocycles. The van der Waals surface area contributed by atoms with Crippen LogP contribution in [-0.4, -0.2) is 11.0 Å². The first kappa shape index (κ1) is 18.0. The number of aromatic hydroxyl groups is 1. The summed E-state index contributed by atoms with van der Waals surface area (Å²) in [5, 5.41) is 12.8. The Balaban J connectivity index is 2.05.